The Kier molecular flexibility index (Phi) is 4.17. The maximum Gasteiger partial charge on any atom is 0.417 e. The van der Waals surface area contributed by atoms with E-state index in [4.69, 9.17) is 0 Å². The first-order chi connectivity index (χ1) is 9.29. The molecule has 2 rings (SSSR count). The van der Waals surface area contributed by atoms with Crippen LogP contribution >= 0.6 is 15.9 Å². The molecule has 0 unspecified atom stereocenters. The molecule has 0 spiro atoms. The van der Waals surface area contributed by atoms with E-state index in [0.717, 1.165) is 12.1 Å². The van der Waals surface area contributed by atoms with Gasteiger partial charge in [-0.15, -0.1) is 0 Å². The molecule has 1 heterocycles. The Morgan fingerprint density at radius 2 is 2.00 bits per heavy atom. The van der Waals surface area contributed by atoms with Gasteiger partial charge in [-0.3, -0.25) is 9.59 Å². The molecule has 1 saturated heterocycles. The number of likely N-dealkylation sites (tertiary alicyclic amines) is 1. The van der Waals surface area contributed by atoms with Gasteiger partial charge in [0.15, 0.2) is 5.78 Å². The van der Waals surface area contributed by atoms with Crippen LogP contribution in [0.25, 0.3) is 0 Å². The van der Waals surface area contributed by atoms with Crippen LogP contribution in [-0.2, 0) is 11.0 Å². The van der Waals surface area contributed by atoms with Gasteiger partial charge in [0.1, 0.15) is 0 Å². The molecule has 1 aliphatic heterocycles. The van der Waals surface area contributed by atoms with Crippen molar-refractivity contribution in [3.05, 3.63) is 33.8 Å². The molecular weight excluding hydrogens is 339 g/mol. The van der Waals surface area contributed by atoms with Gasteiger partial charge in [-0.05, 0) is 24.6 Å². The molecule has 0 atom stereocenters. The van der Waals surface area contributed by atoms with Gasteiger partial charge in [0.25, 0.3) is 5.91 Å². The summed E-state index contributed by atoms with van der Waals surface area (Å²) in [6.07, 6.45) is -3.76. The second kappa shape index (κ2) is 5.55. The summed E-state index contributed by atoms with van der Waals surface area (Å²) in [5.74, 6) is -0.881. The summed E-state index contributed by atoms with van der Waals surface area (Å²) < 4.78 is 39.2. The predicted molar refractivity (Wildman–Crippen MR) is 69.3 cm³/mol. The minimum atomic E-state index is -4.62. The largest absolute Gasteiger partial charge is 0.417 e. The summed E-state index contributed by atoms with van der Waals surface area (Å²) in [5, 5.41) is 0. The zero-order chi connectivity index (χ0) is 14.9. The molecule has 0 saturated carbocycles. The normalized spacial score (nSPS) is 16.4. The minimum absolute atomic E-state index is 0.119. The molecule has 0 aliphatic carbocycles. The molecular formula is C13H11BrF3NO2. The number of carbonyl (C=O) groups is 2. The molecule has 3 nitrogen and oxygen atoms in total. The smallest absolute Gasteiger partial charge is 0.331 e. The highest BCUT2D eigenvalue weighted by Crippen LogP contribution is 2.34. The third-order valence-electron chi connectivity index (χ3n) is 3.06. The van der Waals surface area contributed by atoms with Crippen molar-refractivity contribution in [2.75, 3.05) is 13.1 Å². The lowest BCUT2D eigenvalue weighted by atomic mass is 10.0. The van der Waals surface area contributed by atoms with E-state index < -0.39 is 23.2 Å². The van der Waals surface area contributed by atoms with Crippen LogP contribution in [0.5, 0.6) is 0 Å². The van der Waals surface area contributed by atoms with Crippen LogP contribution in [0.4, 0.5) is 13.2 Å². The fourth-order valence-corrected chi connectivity index (χ4v) is 2.48. The van der Waals surface area contributed by atoms with E-state index >= 15 is 0 Å². The van der Waals surface area contributed by atoms with Crippen molar-refractivity contribution in [2.45, 2.75) is 19.0 Å². The summed E-state index contributed by atoms with van der Waals surface area (Å²) in [5.41, 5.74) is -1.41. The number of halogens is 4. The van der Waals surface area contributed by atoms with Gasteiger partial charge < -0.3 is 4.90 Å². The van der Waals surface area contributed by atoms with Gasteiger partial charge in [0, 0.05) is 17.4 Å². The van der Waals surface area contributed by atoms with Crippen LogP contribution in [0.3, 0.4) is 0 Å². The van der Waals surface area contributed by atoms with E-state index in [1.54, 1.807) is 0 Å². The average molecular weight is 350 g/mol. The number of carbonyl (C=O) groups excluding carboxylic acids is 2. The maximum absolute atomic E-state index is 13.0. The van der Waals surface area contributed by atoms with Gasteiger partial charge >= 0.3 is 6.18 Å². The van der Waals surface area contributed by atoms with Gasteiger partial charge in [0.2, 0.25) is 0 Å². The van der Waals surface area contributed by atoms with Crippen LogP contribution < -0.4 is 0 Å². The Morgan fingerprint density at radius 1 is 1.30 bits per heavy atom. The number of amides is 1. The van der Waals surface area contributed by atoms with Crippen LogP contribution in [-0.4, -0.2) is 29.7 Å². The highest BCUT2D eigenvalue weighted by Gasteiger charge is 2.37. The molecule has 0 aromatic heterocycles. The third kappa shape index (κ3) is 3.20. The predicted octanol–water partition coefficient (Wildman–Crippen LogP) is 3.27. The second-order valence-corrected chi connectivity index (χ2v) is 5.47. The minimum Gasteiger partial charge on any atom is -0.331 e. The lowest BCUT2D eigenvalue weighted by Gasteiger charge is -2.27. The van der Waals surface area contributed by atoms with Crippen molar-refractivity contribution in [1.82, 2.24) is 4.90 Å². The van der Waals surface area contributed by atoms with E-state index in [1.807, 2.05) is 0 Å². The quantitative estimate of drug-likeness (QED) is 0.780. The molecule has 0 radical (unpaired) electrons. The molecule has 1 aromatic carbocycles. The van der Waals surface area contributed by atoms with Gasteiger partial charge in [-0.25, -0.2) is 0 Å². The molecule has 7 heteroatoms. The lowest BCUT2D eigenvalue weighted by Crippen LogP contribution is -2.40. The van der Waals surface area contributed by atoms with Crippen molar-refractivity contribution in [3.8, 4) is 0 Å². The molecule has 0 N–H and O–H groups in total. The molecule has 1 amide bonds. The summed E-state index contributed by atoms with van der Waals surface area (Å²) in [6.45, 7) is 0.185. The fourth-order valence-electron chi connectivity index (χ4n) is 2.12. The summed E-state index contributed by atoms with van der Waals surface area (Å²) >= 11 is 2.96. The zero-order valence-corrected chi connectivity index (χ0v) is 11.9. The number of ketones is 1. The first-order valence-electron chi connectivity index (χ1n) is 5.97. The van der Waals surface area contributed by atoms with E-state index in [2.05, 4.69) is 15.9 Å². The Balaban J connectivity index is 2.37. The van der Waals surface area contributed by atoms with Crippen LogP contribution in [0.15, 0.2) is 22.7 Å². The lowest BCUT2D eigenvalue weighted by molar-refractivity contribution is -0.138. The summed E-state index contributed by atoms with van der Waals surface area (Å²) in [4.78, 5) is 24.7. The number of nitrogens with zero attached hydrogens (tertiary/aromatic N) is 1. The Labute approximate surface area is 121 Å². The standard InChI is InChI=1S/C13H11BrF3NO2/c14-8-3-4-10(11(6-8)13(15,16)17)12(20)18-5-1-2-9(19)7-18/h3-4,6H,1-2,5,7H2. The van der Waals surface area contributed by atoms with Crippen molar-refractivity contribution < 1.29 is 22.8 Å². The zero-order valence-electron chi connectivity index (χ0n) is 10.3. The Bertz CT molecular complexity index is 557. The number of piperidine rings is 1. The van der Waals surface area contributed by atoms with Crippen molar-refractivity contribution in [1.29, 1.82) is 0 Å². The highest BCUT2D eigenvalue weighted by atomic mass is 79.9. The molecule has 1 fully saturated rings. The second-order valence-electron chi connectivity index (χ2n) is 4.56. The summed E-state index contributed by atoms with van der Waals surface area (Å²) in [6, 6.07) is 3.39. The molecule has 0 bridgehead atoms. The molecule has 20 heavy (non-hydrogen) atoms. The highest BCUT2D eigenvalue weighted by molar-refractivity contribution is 9.10. The first-order valence-corrected chi connectivity index (χ1v) is 6.76. The number of rotatable bonds is 1. The fraction of sp³-hybridized carbons (Fsp3) is 0.385. The Hall–Kier alpha value is -1.37. The van der Waals surface area contributed by atoms with E-state index in [1.165, 1.54) is 11.0 Å². The molecule has 1 aliphatic rings. The number of hydrogen-bond donors (Lipinski definition) is 0. The monoisotopic (exact) mass is 349 g/mol. The van der Waals surface area contributed by atoms with Crippen molar-refractivity contribution in [2.24, 2.45) is 0 Å². The number of alkyl halides is 3. The van der Waals surface area contributed by atoms with Crippen molar-refractivity contribution in [3.63, 3.8) is 0 Å². The molecule has 1 aromatic rings. The van der Waals surface area contributed by atoms with Crippen LogP contribution in [0.1, 0.15) is 28.8 Å². The number of hydrogen-bond acceptors (Lipinski definition) is 2. The van der Waals surface area contributed by atoms with E-state index in [9.17, 15) is 22.8 Å². The topological polar surface area (TPSA) is 37.4 Å². The first kappa shape index (κ1) is 15.0. The van der Waals surface area contributed by atoms with E-state index in [-0.39, 0.29) is 16.8 Å². The number of Topliss-reactive ketones (excluding diaryl/α,β-unsaturated/α-hetero) is 1. The summed E-state index contributed by atoms with van der Waals surface area (Å²) in [7, 11) is 0. The van der Waals surface area contributed by atoms with Gasteiger partial charge in [-0.2, -0.15) is 13.2 Å². The SMILES string of the molecule is O=C1CCCN(C(=O)c2ccc(Br)cc2C(F)(F)F)C1. The molecule has 108 valence electrons. The maximum atomic E-state index is 13.0. The van der Waals surface area contributed by atoms with Gasteiger partial charge in [-0.1, -0.05) is 15.9 Å². The average Bonchev–Trinajstić information content (AvgIpc) is 2.37. The number of benzene rings is 1. The van der Waals surface area contributed by atoms with Crippen LogP contribution in [0.2, 0.25) is 0 Å². The van der Waals surface area contributed by atoms with E-state index in [0.29, 0.717) is 19.4 Å². The van der Waals surface area contributed by atoms with Crippen molar-refractivity contribution >= 4 is 27.6 Å². The Morgan fingerprint density at radius 3 is 2.60 bits per heavy atom. The van der Waals surface area contributed by atoms with Gasteiger partial charge in [0.05, 0.1) is 17.7 Å². The van der Waals surface area contributed by atoms with Crippen LogP contribution in [0, 0.1) is 0 Å². The third-order valence-corrected chi connectivity index (χ3v) is 3.55.